The molecule has 0 atom stereocenters. The zero-order valence-corrected chi connectivity index (χ0v) is 22.0. The lowest BCUT2D eigenvalue weighted by Crippen LogP contribution is -2.20. The Kier molecular flexibility index (Phi) is 7.06. The third kappa shape index (κ3) is 7.65. The number of amides is 3. The van der Waals surface area contributed by atoms with Crippen molar-refractivity contribution in [1.82, 2.24) is 19.9 Å². The summed E-state index contributed by atoms with van der Waals surface area (Å²) < 4.78 is 50.4. The Hall–Kier alpha value is -4.74. The van der Waals surface area contributed by atoms with Gasteiger partial charge < -0.3 is 25.6 Å². The molecule has 40 heavy (non-hydrogen) atoms. The normalized spacial score (nSPS) is 13.9. The van der Waals surface area contributed by atoms with Gasteiger partial charge in [0, 0.05) is 44.2 Å². The Labute approximate surface area is 245 Å². The molecule has 11 nitrogen and oxygen atoms in total. The summed E-state index contributed by atoms with van der Waals surface area (Å²) in [6.45, 7) is -4.22. The molecule has 0 saturated carbocycles. The van der Waals surface area contributed by atoms with Crippen LogP contribution in [-0.2, 0) is 4.79 Å². The summed E-state index contributed by atoms with van der Waals surface area (Å²) in [5.41, 5.74) is 1.66. The number of hydrogen-bond acceptors (Lipinski definition) is 8. The molecule has 0 aliphatic carbocycles. The number of carbonyl (C=O) groups is 2. The highest BCUT2D eigenvalue weighted by Crippen LogP contribution is 2.34. The third-order valence-corrected chi connectivity index (χ3v) is 5.55. The highest BCUT2D eigenvalue weighted by atomic mass is 35.5. The van der Waals surface area contributed by atoms with Crippen LogP contribution in [0, 0.1) is 0 Å². The van der Waals surface area contributed by atoms with Crippen molar-refractivity contribution in [3.05, 3.63) is 78.2 Å². The molecular formula is C28H29ClN8O3. The molecule has 0 saturated heterocycles. The number of halogens is 1. The van der Waals surface area contributed by atoms with E-state index in [9.17, 15) is 9.59 Å². The summed E-state index contributed by atoms with van der Waals surface area (Å²) in [6.07, 6.45) is 5.09. The van der Waals surface area contributed by atoms with E-state index in [4.69, 9.17) is 24.6 Å². The molecule has 0 unspecified atom stereocenters. The molecule has 4 aromatic rings. The van der Waals surface area contributed by atoms with Crippen LogP contribution in [0.5, 0.6) is 5.75 Å². The smallest absolute Gasteiger partial charge is 0.324 e. The van der Waals surface area contributed by atoms with Crippen molar-refractivity contribution in [1.29, 1.82) is 0 Å². The maximum atomic E-state index is 12.8. The van der Waals surface area contributed by atoms with Crippen molar-refractivity contribution in [3.8, 4) is 5.75 Å². The number of pyridine rings is 1. The molecule has 206 valence electrons. The van der Waals surface area contributed by atoms with Gasteiger partial charge in [0.15, 0.2) is 0 Å². The minimum Gasteiger partial charge on any atom is -0.492 e. The highest BCUT2D eigenvalue weighted by molar-refractivity contribution is 6.34. The second-order valence-corrected chi connectivity index (χ2v) is 8.54. The van der Waals surface area contributed by atoms with E-state index in [0.717, 1.165) is 12.2 Å². The molecule has 0 fully saturated rings. The first-order valence-electron chi connectivity index (χ1n) is 15.0. The van der Waals surface area contributed by atoms with Gasteiger partial charge >= 0.3 is 6.03 Å². The first-order chi connectivity index (χ1) is 21.7. The van der Waals surface area contributed by atoms with Gasteiger partial charge in [0.25, 0.3) is 0 Å². The Morgan fingerprint density at radius 1 is 1.05 bits per heavy atom. The van der Waals surface area contributed by atoms with E-state index in [1.165, 1.54) is 6.33 Å². The van der Waals surface area contributed by atoms with Crippen molar-refractivity contribution >= 4 is 63.1 Å². The summed E-state index contributed by atoms with van der Waals surface area (Å²) in [5, 5.41) is 11.9. The van der Waals surface area contributed by atoms with Crippen molar-refractivity contribution in [2.75, 3.05) is 48.4 Å². The number of nitrogens with zero attached hydrogens (tertiary/aromatic N) is 4. The molecule has 4 rings (SSSR count). The minimum absolute atomic E-state index is 0.244. The number of anilines is 5. The number of aromatic nitrogens is 3. The molecule has 4 N–H and O–H groups in total. The van der Waals surface area contributed by atoms with Crippen LogP contribution in [0.15, 0.2) is 73.2 Å². The third-order valence-electron chi connectivity index (χ3n) is 5.24. The van der Waals surface area contributed by atoms with Crippen molar-refractivity contribution in [2.45, 2.75) is 6.92 Å². The first kappa shape index (κ1) is 21.1. The number of likely N-dealkylation sites (N-methyl/N-ethyl adjacent to an activating group) is 1. The second kappa shape index (κ2) is 13.4. The van der Waals surface area contributed by atoms with Crippen LogP contribution in [0.3, 0.4) is 0 Å². The van der Waals surface area contributed by atoms with Gasteiger partial charge in [0.05, 0.1) is 28.5 Å². The molecule has 12 heteroatoms. The summed E-state index contributed by atoms with van der Waals surface area (Å²) in [7, 11) is 0. The Morgan fingerprint density at radius 2 is 1.93 bits per heavy atom. The van der Waals surface area contributed by atoms with Gasteiger partial charge in [0.1, 0.15) is 23.7 Å². The van der Waals surface area contributed by atoms with E-state index in [2.05, 4.69) is 36.2 Å². The fourth-order valence-corrected chi connectivity index (χ4v) is 3.76. The molecule has 0 spiro atoms. The monoisotopic (exact) mass is 566 g/mol. The molecular weight excluding hydrogens is 532 g/mol. The highest BCUT2D eigenvalue weighted by Gasteiger charge is 2.14. The van der Waals surface area contributed by atoms with Gasteiger partial charge in [0.2, 0.25) is 5.91 Å². The molecule has 2 aromatic heterocycles. The summed E-state index contributed by atoms with van der Waals surface area (Å²) in [5.74, 6) is 0.410. The predicted octanol–water partition coefficient (Wildman–Crippen LogP) is 5.52. The second-order valence-electron chi connectivity index (χ2n) is 8.14. The van der Waals surface area contributed by atoms with E-state index in [0.29, 0.717) is 44.6 Å². The number of benzene rings is 2. The van der Waals surface area contributed by atoms with Crippen LogP contribution in [0.25, 0.3) is 10.9 Å². The molecule has 0 bridgehead atoms. The van der Waals surface area contributed by atoms with Gasteiger partial charge in [-0.2, -0.15) is 0 Å². The number of nitrogens with one attached hydrogen (secondary N) is 4. The lowest BCUT2D eigenvalue weighted by molar-refractivity contribution is -0.111. The molecule has 0 aliphatic rings. The van der Waals surface area contributed by atoms with E-state index >= 15 is 0 Å². The van der Waals surface area contributed by atoms with Crippen LogP contribution in [0.4, 0.5) is 33.5 Å². The Morgan fingerprint density at radius 3 is 2.67 bits per heavy atom. The van der Waals surface area contributed by atoms with Gasteiger partial charge in [-0.15, -0.1) is 0 Å². The van der Waals surface area contributed by atoms with Crippen molar-refractivity contribution in [2.24, 2.45) is 0 Å². The number of rotatable bonds is 10. The Bertz CT molecular complexity index is 1720. The average molecular weight is 567 g/mol. The van der Waals surface area contributed by atoms with Crippen molar-refractivity contribution in [3.63, 3.8) is 0 Å². The number of fused-ring (bicyclic) bond motifs is 1. The topological polar surface area (TPSA) is 133 Å². The minimum atomic E-state index is -2.88. The number of carbonyl (C=O) groups excluding carboxylic acids is 2. The predicted molar refractivity (Wildman–Crippen MR) is 159 cm³/mol. The van der Waals surface area contributed by atoms with E-state index in [1.807, 2.05) is 0 Å². The zero-order valence-electron chi connectivity index (χ0n) is 27.2. The largest absolute Gasteiger partial charge is 0.492 e. The fraction of sp³-hybridized carbons (Fsp3) is 0.179. The standard InChI is InChI=1S/C28H29ClN8O3/c1-4-40-24-16-22-19(15-23(24)34-26(38)9-7-13-37(2)3)27(32-17-31-22)33-18-10-11-21(20(29)14-18)35-28(39)36-25-8-5-6-12-30-25/h5-12,14-17H,4,13H2,1-3H3,(H,34,38)(H,31,32,33)(H2,30,35,36,39)/b9-7+/i2D3,3D3. The lowest BCUT2D eigenvalue weighted by atomic mass is 10.1. The fourth-order valence-electron chi connectivity index (χ4n) is 3.53. The number of ether oxygens (including phenoxy) is 1. The maximum Gasteiger partial charge on any atom is 0.324 e. The number of urea groups is 1. The molecule has 3 amide bonds. The molecule has 2 aromatic carbocycles. The van der Waals surface area contributed by atoms with Gasteiger partial charge in [-0.25, -0.2) is 19.7 Å². The Balaban J connectivity index is 1.52. The van der Waals surface area contributed by atoms with E-state index in [1.54, 1.807) is 61.7 Å². The molecule has 0 aliphatic heterocycles. The first-order valence-corrected chi connectivity index (χ1v) is 12.3. The van der Waals surface area contributed by atoms with Gasteiger partial charge in [-0.3, -0.25) is 10.1 Å². The van der Waals surface area contributed by atoms with E-state index in [-0.39, 0.29) is 17.3 Å². The summed E-state index contributed by atoms with van der Waals surface area (Å²) in [4.78, 5) is 38.1. The van der Waals surface area contributed by atoms with Crippen LogP contribution in [-0.4, -0.2) is 58.9 Å². The van der Waals surface area contributed by atoms with Crippen LogP contribution >= 0.6 is 11.6 Å². The summed E-state index contributed by atoms with van der Waals surface area (Å²) in [6, 6.07) is 12.7. The average Bonchev–Trinajstić information content (AvgIpc) is 2.97. The van der Waals surface area contributed by atoms with Gasteiger partial charge in [-0.1, -0.05) is 23.7 Å². The maximum absolute atomic E-state index is 12.8. The number of hydrogen-bond donors (Lipinski definition) is 4. The SMILES string of the molecule is [2H]C([2H])([2H])N(C/C=C/C(=O)Nc1cc2c(Nc3ccc(NC(=O)Nc4ccccn4)c(Cl)c3)ncnc2cc1OCC)C([2H])([2H])[2H]. The van der Waals surface area contributed by atoms with E-state index < -0.39 is 32.4 Å². The summed E-state index contributed by atoms with van der Waals surface area (Å²) >= 11 is 6.44. The zero-order chi connectivity index (χ0) is 33.5. The van der Waals surface area contributed by atoms with Crippen LogP contribution in [0.1, 0.15) is 15.1 Å². The molecule has 2 heterocycles. The lowest BCUT2D eigenvalue weighted by Gasteiger charge is -2.15. The quantitative estimate of drug-likeness (QED) is 0.184. The molecule has 0 radical (unpaired) electrons. The van der Waals surface area contributed by atoms with Crippen LogP contribution in [0.2, 0.25) is 5.02 Å². The van der Waals surface area contributed by atoms with Crippen LogP contribution < -0.4 is 26.0 Å². The van der Waals surface area contributed by atoms with Crippen molar-refractivity contribution < 1.29 is 22.6 Å². The van der Waals surface area contributed by atoms with Gasteiger partial charge in [-0.05, 0) is 57.3 Å².